The first-order valence-electron chi connectivity index (χ1n) is 5.81. The standard InChI is InChI=1S/C13H20N2O3/c1-13(2,7-8-16)15-12(17)14-10-5-4-6-11(9-10)18-3/h4-6,9,16H,7-8H2,1-3H3,(H2,14,15,17). The van der Waals surface area contributed by atoms with Crippen LogP contribution in [0, 0.1) is 0 Å². The van der Waals surface area contributed by atoms with Gasteiger partial charge in [0.25, 0.3) is 0 Å². The lowest BCUT2D eigenvalue weighted by Crippen LogP contribution is -2.46. The molecule has 0 aliphatic carbocycles. The molecule has 1 rings (SSSR count). The Morgan fingerprint density at radius 3 is 2.78 bits per heavy atom. The van der Waals surface area contributed by atoms with Gasteiger partial charge in [0.2, 0.25) is 0 Å². The molecule has 0 bridgehead atoms. The highest BCUT2D eigenvalue weighted by Gasteiger charge is 2.19. The fourth-order valence-corrected chi connectivity index (χ4v) is 1.51. The number of rotatable bonds is 5. The predicted octanol–water partition coefficient (Wildman–Crippen LogP) is 1.98. The van der Waals surface area contributed by atoms with Gasteiger partial charge in [0.05, 0.1) is 7.11 Å². The number of benzene rings is 1. The number of amides is 2. The Morgan fingerprint density at radius 1 is 1.44 bits per heavy atom. The van der Waals surface area contributed by atoms with Crippen molar-refractivity contribution in [2.24, 2.45) is 0 Å². The maximum atomic E-state index is 11.8. The van der Waals surface area contributed by atoms with Gasteiger partial charge in [-0.15, -0.1) is 0 Å². The first-order chi connectivity index (χ1) is 8.46. The lowest BCUT2D eigenvalue weighted by atomic mass is 10.0. The minimum Gasteiger partial charge on any atom is -0.497 e. The van der Waals surface area contributed by atoms with Crippen LogP contribution in [0.3, 0.4) is 0 Å². The Bertz CT molecular complexity index is 405. The van der Waals surface area contributed by atoms with Crippen LogP contribution in [0.5, 0.6) is 5.75 Å². The van der Waals surface area contributed by atoms with Gasteiger partial charge < -0.3 is 20.5 Å². The number of anilines is 1. The number of nitrogens with one attached hydrogen (secondary N) is 2. The minimum atomic E-state index is -0.447. The van der Waals surface area contributed by atoms with Crippen molar-refractivity contribution in [3.8, 4) is 5.75 Å². The summed E-state index contributed by atoms with van der Waals surface area (Å²) in [7, 11) is 1.57. The van der Waals surface area contributed by atoms with Crippen molar-refractivity contribution in [2.75, 3.05) is 19.0 Å². The molecule has 3 N–H and O–H groups in total. The van der Waals surface area contributed by atoms with Crippen LogP contribution in [-0.4, -0.2) is 30.4 Å². The molecule has 0 atom stereocenters. The third-order valence-electron chi connectivity index (χ3n) is 2.52. The number of urea groups is 1. The second-order valence-electron chi connectivity index (χ2n) is 4.67. The molecule has 0 saturated carbocycles. The molecule has 0 unspecified atom stereocenters. The van der Waals surface area contributed by atoms with E-state index in [1.54, 1.807) is 31.4 Å². The monoisotopic (exact) mass is 252 g/mol. The molecule has 0 saturated heterocycles. The van der Waals surface area contributed by atoms with Crippen molar-refractivity contribution in [3.63, 3.8) is 0 Å². The number of hydrogen-bond acceptors (Lipinski definition) is 3. The zero-order valence-corrected chi connectivity index (χ0v) is 11.0. The molecule has 5 heteroatoms. The number of methoxy groups -OCH3 is 1. The van der Waals surface area contributed by atoms with E-state index in [1.165, 1.54) is 0 Å². The Balaban J connectivity index is 2.59. The van der Waals surface area contributed by atoms with E-state index in [2.05, 4.69) is 10.6 Å². The van der Waals surface area contributed by atoms with Crippen LogP contribution in [0.25, 0.3) is 0 Å². The van der Waals surface area contributed by atoms with Crippen molar-refractivity contribution in [1.29, 1.82) is 0 Å². The molecule has 0 aliphatic heterocycles. The SMILES string of the molecule is COc1cccc(NC(=O)NC(C)(C)CCO)c1. The lowest BCUT2D eigenvalue weighted by molar-refractivity contribution is 0.218. The largest absolute Gasteiger partial charge is 0.497 e. The van der Waals surface area contributed by atoms with Gasteiger partial charge in [0.15, 0.2) is 0 Å². The highest BCUT2D eigenvalue weighted by Crippen LogP contribution is 2.17. The van der Waals surface area contributed by atoms with Gasteiger partial charge in [-0.25, -0.2) is 4.79 Å². The molecule has 100 valence electrons. The third-order valence-corrected chi connectivity index (χ3v) is 2.52. The Morgan fingerprint density at radius 2 is 2.17 bits per heavy atom. The Labute approximate surface area is 107 Å². The summed E-state index contributed by atoms with van der Waals surface area (Å²) in [5.41, 5.74) is 0.212. The number of aliphatic hydroxyl groups is 1. The van der Waals surface area contributed by atoms with Crippen LogP contribution in [0.1, 0.15) is 20.3 Å². The highest BCUT2D eigenvalue weighted by molar-refractivity contribution is 5.89. The molecule has 2 amide bonds. The number of carbonyl (C=O) groups excluding carboxylic acids is 1. The molecule has 0 aromatic heterocycles. The normalized spacial score (nSPS) is 10.9. The second kappa shape index (κ2) is 6.26. The van der Waals surface area contributed by atoms with E-state index >= 15 is 0 Å². The number of aliphatic hydroxyl groups excluding tert-OH is 1. The van der Waals surface area contributed by atoms with Gasteiger partial charge in [0.1, 0.15) is 5.75 Å². The first kappa shape index (κ1) is 14.3. The summed E-state index contributed by atoms with van der Waals surface area (Å²) in [6, 6.07) is 6.81. The highest BCUT2D eigenvalue weighted by atomic mass is 16.5. The second-order valence-corrected chi connectivity index (χ2v) is 4.67. The number of hydrogen-bond donors (Lipinski definition) is 3. The third kappa shape index (κ3) is 4.63. The maximum Gasteiger partial charge on any atom is 0.319 e. The van der Waals surface area contributed by atoms with E-state index in [-0.39, 0.29) is 12.6 Å². The predicted molar refractivity (Wildman–Crippen MR) is 70.9 cm³/mol. The smallest absolute Gasteiger partial charge is 0.319 e. The summed E-state index contributed by atoms with van der Waals surface area (Å²) in [5.74, 6) is 0.683. The zero-order chi connectivity index (χ0) is 13.6. The van der Waals surface area contributed by atoms with Gasteiger partial charge >= 0.3 is 6.03 Å². The lowest BCUT2D eigenvalue weighted by Gasteiger charge is -2.25. The van der Waals surface area contributed by atoms with Crippen molar-refractivity contribution < 1.29 is 14.6 Å². The van der Waals surface area contributed by atoms with Crippen LogP contribution < -0.4 is 15.4 Å². The summed E-state index contributed by atoms with van der Waals surface area (Å²) in [6.07, 6.45) is 0.499. The van der Waals surface area contributed by atoms with Crippen molar-refractivity contribution in [1.82, 2.24) is 5.32 Å². The molecule has 18 heavy (non-hydrogen) atoms. The van der Waals surface area contributed by atoms with Gasteiger partial charge in [-0.2, -0.15) is 0 Å². The summed E-state index contributed by atoms with van der Waals surface area (Å²) in [5, 5.41) is 14.4. The van der Waals surface area contributed by atoms with Crippen LogP contribution in [0.15, 0.2) is 24.3 Å². The summed E-state index contributed by atoms with van der Waals surface area (Å²) in [4.78, 5) is 11.8. The van der Waals surface area contributed by atoms with Gasteiger partial charge in [-0.3, -0.25) is 0 Å². The average Bonchev–Trinajstić information content (AvgIpc) is 2.28. The van der Waals surface area contributed by atoms with Crippen LogP contribution in [0.4, 0.5) is 10.5 Å². The van der Waals surface area contributed by atoms with Gasteiger partial charge in [0, 0.05) is 23.9 Å². The molecule has 1 aromatic rings. The van der Waals surface area contributed by atoms with Crippen molar-refractivity contribution >= 4 is 11.7 Å². The van der Waals surface area contributed by atoms with Crippen molar-refractivity contribution in [3.05, 3.63) is 24.3 Å². The first-order valence-corrected chi connectivity index (χ1v) is 5.81. The molecule has 0 aliphatic rings. The Kier molecular flexibility index (Phi) is 4.97. The van der Waals surface area contributed by atoms with E-state index in [1.807, 2.05) is 13.8 Å². The molecule has 0 fully saturated rings. The number of carbonyl (C=O) groups is 1. The van der Waals surface area contributed by atoms with E-state index in [4.69, 9.17) is 9.84 Å². The van der Waals surface area contributed by atoms with Crippen LogP contribution in [-0.2, 0) is 0 Å². The summed E-state index contributed by atoms with van der Waals surface area (Å²) < 4.78 is 5.07. The zero-order valence-electron chi connectivity index (χ0n) is 11.0. The number of ether oxygens (including phenoxy) is 1. The van der Waals surface area contributed by atoms with Gasteiger partial charge in [-0.05, 0) is 32.4 Å². The fraction of sp³-hybridized carbons (Fsp3) is 0.462. The maximum absolute atomic E-state index is 11.8. The van der Waals surface area contributed by atoms with E-state index < -0.39 is 5.54 Å². The summed E-state index contributed by atoms with van der Waals surface area (Å²) >= 11 is 0. The summed E-state index contributed by atoms with van der Waals surface area (Å²) in [6.45, 7) is 3.75. The molecule has 5 nitrogen and oxygen atoms in total. The topological polar surface area (TPSA) is 70.6 Å². The molecule has 0 heterocycles. The van der Waals surface area contributed by atoms with E-state index in [9.17, 15) is 4.79 Å². The Hall–Kier alpha value is -1.75. The van der Waals surface area contributed by atoms with Crippen LogP contribution in [0.2, 0.25) is 0 Å². The van der Waals surface area contributed by atoms with Gasteiger partial charge in [-0.1, -0.05) is 6.07 Å². The van der Waals surface area contributed by atoms with E-state index in [0.29, 0.717) is 17.9 Å². The fourth-order valence-electron chi connectivity index (χ4n) is 1.51. The van der Waals surface area contributed by atoms with Crippen LogP contribution >= 0.6 is 0 Å². The quantitative estimate of drug-likeness (QED) is 0.750. The van der Waals surface area contributed by atoms with Crippen molar-refractivity contribution in [2.45, 2.75) is 25.8 Å². The average molecular weight is 252 g/mol. The molecular weight excluding hydrogens is 232 g/mol. The molecular formula is C13H20N2O3. The molecule has 0 spiro atoms. The molecule has 0 radical (unpaired) electrons. The minimum absolute atomic E-state index is 0.0342. The van der Waals surface area contributed by atoms with E-state index in [0.717, 1.165) is 0 Å². The molecule has 1 aromatic carbocycles.